The summed E-state index contributed by atoms with van der Waals surface area (Å²) in [5, 5.41) is 10.9. The molecule has 1 rings (SSSR count). The van der Waals surface area contributed by atoms with E-state index in [9.17, 15) is 14.9 Å². The summed E-state index contributed by atoms with van der Waals surface area (Å²) in [5.74, 6) is -0.171. The number of nitro groups is 1. The highest BCUT2D eigenvalue weighted by Crippen LogP contribution is 2.32. The van der Waals surface area contributed by atoms with Crippen LogP contribution in [0.3, 0.4) is 0 Å². The summed E-state index contributed by atoms with van der Waals surface area (Å²) in [5.41, 5.74) is 0.296. The number of hydrogen-bond donors (Lipinski definition) is 0. The van der Waals surface area contributed by atoms with Gasteiger partial charge in [0, 0.05) is 5.56 Å². The van der Waals surface area contributed by atoms with Gasteiger partial charge in [0.15, 0.2) is 5.78 Å². The van der Waals surface area contributed by atoms with Crippen molar-refractivity contribution in [3.63, 3.8) is 0 Å². The second-order valence-electron chi connectivity index (χ2n) is 2.57. The van der Waals surface area contributed by atoms with E-state index < -0.39 is 4.92 Å². The van der Waals surface area contributed by atoms with Crippen LogP contribution in [0.25, 0.3) is 0 Å². The average molecular weight is 449 g/mol. The van der Waals surface area contributed by atoms with Gasteiger partial charge in [-0.05, 0) is 50.7 Å². The maximum atomic E-state index is 11.4. The quantitative estimate of drug-likeness (QED) is 0.234. The Morgan fingerprint density at radius 2 is 2.13 bits per heavy atom. The van der Waals surface area contributed by atoms with Gasteiger partial charge in [-0.1, -0.05) is 15.9 Å². The number of nitro benzene ring substituents is 1. The Labute approximate surface area is 116 Å². The largest absolute Gasteiger partial charge is 0.297 e. The fourth-order valence-electron chi connectivity index (χ4n) is 0.996. The van der Waals surface area contributed by atoms with Crippen LogP contribution in [0.15, 0.2) is 16.6 Å². The van der Waals surface area contributed by atoms with Crippen molar-refractivity contribution in [3.05, 3.63) is 35.9 Å². The number of halogens is 3. The van der Waals surface area contributed by atoms with E-state index in [1.165, 1.54) is 6.07 Å². The highest BCUT2D eigenvalue weighted by molar-refractivity contribution is 14.1. The molecule has 0 amide bonds. The first kappa shape index (κ1) is 13.0. The maximum absolute atomic E-state index is 11.4. The third-order valence-electron chi connectivity index (χ3n) is 1.67. The second kappa shape index (κ2) is 5.35. The highest BCUT2D eigenvalue weighted by atomic mass is 127. The molecule has 0 aliphatic carbocycles. The first-order chi connectivity index (χ1) is 6.99. The Hall–Kier alpha value is -0.0200. The molecule has 0 spiro atoms. The SMILES string of the molecule is O=C(CBr)c1ccc(Br)c([N+](=O)[O-])c1I. The van der Waals surface area contributed by atoms with Gasteiger partial charge in [-0.2, -0.15) is 0 Å². The summed E-state index contributed by atoms with van der Waals surface area (Å²) >= 11 is 7.92. The number of alkyl halides is 1. The fourth-order valence-corrected chi connectivity index (χ4v) is 3.11. The molecule has 0 N–H and O–H groups in total. The minimum absolute atomic E-state index is 0.0672. The smallest absolute Gasteiger partial charge is 0.293 e. The van der Waals surface area contributed by atoms with Crippen molar-refractivity contribution < 1.29 is 9.72 Å². The monoisotopic (exact) mass is 447 g/mol. The number of carbonyl (C=O) groups is 1. The number of Topliss-reactive ketones (excluding diaryl/α,β-unsaturated/α-hetero) is 1. The number of benzene rings is 1. The van der Waals surface area contributed by atoms with Crippen molar-refractivity contribution in [1.29, 1.82) is 0 Å². The molecule has 1 aromatic rings. The summed E-state index contributed by atoms with van der Waals surface area (Å²) in [4.78, 5) is 21.7. The third kappa shape index (κ3) is 2.76. The molecule has 1 aromatic carbocycles. The van der Waals surface area contributed by atoms with E-state index >= 15 is 0 Å². The Morgan fingerprint density at radius 3 is 2.60 bits per heavy atom. The molecular weight excluding hydrogens is 445 g/mol. The van der Waals surface area contributed by atoms with Crippen LogP contribution in [-0.2, 0) is 0 Å². The van der Waals surface area contributed by atoms with Crippen molar-refractivity contribution in [1.82, 2.24) is 0 Å². The minimum Gasteiger partial charge on any atom is -0.293 e. The van der Waals surface area contributed by atoms with Crippen LogP contribution >= 0.6 is 54.5 Å². The third-order valence-corrected chi connectivity index (χ3v) is 3.91. The lowest BCUT2D eigenvalue weighted by molar-refractivity contribution is -0.386. The zero-order chi connectivity index (χ0) is 11.6. The molecule has 0 unspecified atom stereocenters. The summed E-state index contributed by atoms with van der Waals surface area (Å²) in [7, 11) is 0. The topological polar surface area (TPSA) is 60.2 Å². The van der Waals surface area contributed by atoms with E-state index in [0.29, 0.717) is 13.6 Å². The van der Waals surface area contributed by atoms with Crippen molar-refractivity contribution in [3.8, 4) is 0 Å². The van der Waals surface area contributed by atoms with Gasteiger partial charge >= 0.3 is 0 Å². The predicted molar refractivity (Wildman–Crippen MR) is 71.6 cm³/mol. The van der Waals surface area contributed by atoms with Crippen LogP contribution < -0.4 is 0 Å². The number of nitrogens with zero attached hydrogens (tertiary/aromatic N) is 1. The van der Waals surface area contributed by atoms with Gasteiger partial charge in [-0.3, -0.25) is 14.9 Å². The Kier molecular flexibility index (Phi) is 4.65. The molecular formula is C8H4Br2INO3. The van der Waals surface area contributed by atoms with Crippen LogP contribution in [0.4, 0.5) is 5.69 Å². The van der Waals surface area contributed by atoms with E-state index in [4.69, 9.17) is 0 Å². The van der Waals surface area contributed by atoms with Crippen LogP contribution in [0.2, 0.25) is 0 Å². The molecule has 15 heavy (non-hydrogen) atoms. The average Bonchev–Trinajstić information content (AvgIpc) is 2.16. The van der Waals surface area contributed by atoms with Gasteiger partial charge in [-0.15, -0.1) is 0 Å². The van der Waals surface area contributed by atoms with Gasteiger partial charge in [0.2, 0.25) is 0 Å². The van der Waals surface area contributed by atoms with E-state index in [1.807, 2.05) is 22.6 Å². The lowest BCUT2D eigenvalue weighted by Crippen LogP contribution is -2.05. The molecule has 0 aliphatic heterocycles. The van der Waals surface area contributed by atoms with Gasteiger partial charge in [0.1, 0.15) is 3.57 Å². The van der Waals surface area contributed by atoms with Crippen LogP contribution in [-0.4, -0.2) is 16.0 Å². The molecule has 4 nitrogen and oxygen atoms in total. The van der Waals surface area contributed by atoms with Crippen LogP contribution in [0, 0.1) is 13.7 Å². The molecule has 0 aliphatic rings. The first-order valence-corrected chi connectivity index (χ1v) is 6.70. The summed E-state index contributed by atoms with van der Waals surface area (Å²) in [6, 6.07) is 3.08. The Morgan fingerprint density at radius 1 is 1.53 bits per heavy atom. The standard InChI is InChI=1S/C8H4Br2INO3/c9-3-6(13)4-1-2-5(10)8(7(4)11)12(14)15/h1-2H,3H2. The molecule has 0 heterocycles. The van der Waals surface area contributed by atoms with Crippen molar-refractivity contribution in [2.24, 2.45) is 0 Å². The summed E-state index contributed by atoms with van der Waals surface area (Å²) in [6.07, 6.45) is 0. The van der Waals surface area contributed by atoms with E-state index in [2.05, 4.69) is 31.9 Å². The normalized spacial score (nSPS) is 10.1. The summed E-state index contributed by atoms with van der Waals surface area (Å²) < 4.78 is 0.736. The molecule has 80 valence electrons. The fraction of sp³-hybridized carbons (Fsp3) is 0.125. The number of hydrogen-bond acceptors (Lipinski definition) is 3. The maximum Gasteiger partial charge on any atom is 0.297 e. The zero-order valence-electron chi connectivity index (χ0n) is 7.17. The summed E-state index contributed by atoms with van der Waals surface area (Å²) in [6.45, 7) is 0. The first-order valence-electron chi connectivity index (χ1n) is 3.70. The highest BCUT2D eigenvalue weighted by Gasteiger charge is 2.22. The minimum atomic E-state index is -0.503. The molecule has 0 radical (unpaired) electrons. The molecule has 0 saturated heterocycles. The van der Waals surface area contributed by atoms with Gasteiger partial charge in [0.05, 0.1) is 14.7 Å². The van der Waals surface area contributed by atoms with Crippen molar-refractivity contribution >= 4 is 65.9 Å². The molecule has 7 heteroatoms. The molecule has 0 atom stereocenters. The second-order valence-corrected chi connectivity index (χ2v) is 5.07. The van der Waals surface area contributed by atoms with Crippen LogP contribution in [0.1, 0.15) is 10.4 Å². The molecule has 0 fully saturated rings. The van der Waals surface area contributed by atoms with E-state index in [-0.39, 0.29) is 16.8 Å². The zero-order valence-corrected chi connectivity index (χ0v) is 12.5. The van der Waals surface area contributed by atoms with Gasteiger partial charge in [-0.25, -0.2) is 0 Å². The van der Waals surface area contributed by atoms with Crippen molar-refractivity contribution in [2.75, 3.05) is 5.33 Å². The number of ketones is 1. The number of carbonyl (C=O) groups excluding carboxylic acids is 1. The van der Waals surface area contributed by atoms with Crippen molar-refractivity contribution in [2.45, 2.75) is 0 Å². The number of rotatable bonds is 3. The molecule has 0 saturated carbocycles. The predicted octanol–water partition coefficient (Wildman–Crippen LogP) is 3.54. The Balaban J connectivity index is 3.41. The lowest BCUT2D eigenvalue weighted by atomic mass is 10.1. The lowest BCUT2D eigenvalue weighted by Gasteiger charge is -2.03. The van der Waals surface area contributed by atoms with E-state index in [0.717, 1.165) is 0 Å². The van der Waals surface area contributed by atoms with Crippen LogP contribution in [0.5, 0.6) is 0 Å². The van der Waals surface area contributed by atoms with Gasteiger partial charge in [0.25, 0.3) is 5.69 Å². The molecule has 0 bridgehead atoms. The van der Waals surface area contributed by atoms with Gasteiger partial charge < -0.3 is 0 Å². The van der Waals surface area contributed by atoms with E-state index in [1.54, 1.807) is 6.07 Å². The molecule has 0 aromatic heterocycles. The Bertz CT molecular complexity index is 436.